The molecule has 2 aliphatic carbocycles. The second kappa shape index (κ2) is 13.4. The third kappa shape index (κ3) is 6.07. The molecular formula is C41H24N4O8S2. The van der Waals surface area contributed by atoms with Gasteiger partial charge in [-0.05, 0) is 35.1 Å². The van der Waals surface area contributed by atoms with Crippen molar-refractivity contribution in [1.82, 2.24) is 0 Å². The fourth-order valence-electron chi connectivity index (χ4n) is 6.74. The Labute approximate surface area is 313 Å². The molecule has 2 aliphatic rings. The minimum atomic E-state index is -4.63. The monoisotopic (exact) mass is 764 g/mol. The first-order chi connectivity index (χ1) is 26.5. The SMILES string of the molecule is [N-]=[N+]=C1C=Cc2c(cccc2S(=O)(=O)Oc2c(Cc3ccc4ccccc4c3OS(=O)(=O)c3cccc4c3C=CC(=[N+]=[N-])C4=O)ccc3ccccc23)C1=O. The molecule has 0 aromatic heterocycles. The van der Waals surface area contributed by atoms with E-state index in [1.807, 2.05) is 0 Å². The Morgan fingerprint density at radius 2 is 0.909 bits per heavy atom. The Balaban J connectivity index is 1.25. The van der Waals surface area contributed by atoms with Crippen molar-refractivity contribution in [2.45, 2.75) is 16.2 Å². The smallest absolute Gasteiger partial charge is 0.362 e. The van der Waals surface area contributed by atoms with Crippen LogP contribution in [0.5, 0.6) is 11.5 Å². The van der Waals surface area contributed by atoms with Crippen molar-refractivity contribution in [3.8, 4) is 11.5 Å². The minimum absolute atomic E-state index is 0.0128. The van der Waals surface area contributed by atoms with Crippen LogP contribution in [0, 0.1) is 0 Å². The van der Waals surface area contributed by atoms with Gasteiger partial charge in [-0.15, -0.1) is 0 Å². The highest BCUT2D eigenvalue weighted by atomic mass is 32.2. The zero-order valence-corrected chi connectivity index (χ0v) is 29.9. The number of rotatable bonds is 8. The lowest BCUT2D eigenvalue weighted by Crippen LogP contribution is -2.21. The van der Waals surface area contributed by atoms with E-state index in [9.17, 15) is 37.5 Å². The predicted octanol–water partition coefficient (Wildman–Crippen LogP) is 6.88. The topological polar surface area (TPSA) is 194 Å². The van der Waals surface area contributed by atoms with E-state index in [0.29, 0.717) is 32.7 Å². The van der Waals surface area contributed by atoms with Crippen LogP contribution in [0.2, 0.25) is 0 Å². The number of benzene rings is 6. The van der Waals surface area contributed by atoms with Gasteiger partial charge in [-0.3, -0.25) is 9.59 Å². The highest BCUT2D eigenvalue weighted by Crippen LogP contribution is 2.40. The van der Waals surface area contributed by atoms with Crippen LogP contribution in [0.4, 0.5) is 0 Å². The predicted molar refractivity (Wildman–Crippen MR) is 203 cm³/mol. The normalized spacial score (nSPS) is 13.7. The molecule has 268 valence electrons. The van der Waals surface area contributed by atoms with Crippen molar-refractivity contribution >= 4 is 76.9 Å². The molecule has 14 heteroatoms. The molecule has 0 atom stereocenters. The summed E-state index contributed by atoms with van der Waals surface area (Å²) in [5, 5.41) is 2.22. The zero-order valence-electron chi connectivity index (χ0n) is 28.3. The Morgan fingerprint density at radius 3 is 1.33 bits per heavy atom. The van der Waals surface area contributed by atoms with Crippen LogP contribution in [-0.4, -0.2) is 49.4 Å². The van der Waals surface area contributed by atoms with Gasteiger partial charge in [-0.25, -0.2) is 0 Å². The van der Waals surface area contributed by atoms with Crippen LogP contribution in [0.15, 0.2) is 131 Å². The summed E-state index contributed by atoms with van der Waals surface area (Å²) in [6, 6.07) is 29.1. The molecule has 0 bridgehead atoms. The van der Waals surface area contributed by atoms with E-state index in [1.54, 1.807) is 72.8 Å². The highest BCUT2D eigenvalue weighted by Gasteiger charge is 2.34. The molecule has 8 rings (SSSR count). The van der Waals surface area contributed by atoms with E-state index in [-0.39, 0.29) is 61.4 Å². The van der Waals surface area contributed by atoms with Gasteiger partial charge < -0.3 is 19.4 Å². The van der Waals surface area contributed by atoms with Crippen molar-refractivity contribution < 1.29 is 44.4 Å². The average Bonchev–Trinajstić information content (AvgIpc) is 3.19. The number of ketones is 2. The third-order valence-electron chi connectivity index (χ3n) is 9.35. The summed E-state index contributed by atoms with van der Waals surface area (Å²) in [7, 11) is -9.26. The van der Waals surface area contributed by atoms with E-state index in [1.165, 1.54) is 60.7 Å². The molecule has 0 amide bonds. The van der Waals surface area contributed by atoms with Gasteiger partial charge >= 0.3 is 31.7 Å². The van der Waals surface area contributed by atoms with Gasteiger partial charge in [0.15, 0.2) is 11.5 Å². The number of nitrogens with zero attached hydrogens (tertiary/aromatic N) is 4. The third-order valence-corrected chi connectivity index (χ3v) is 11.9. The summed E-state index contributed by atoms with van der Waals surface area (Å²) < 4.78 is 68.5. The lowest BCUT2D eigenvalue weighted by molar-refractivity contribution is -0.00459. The molecule has 0 radical (unpaired) electrons. The molecule has 55 heavy (non-hydrogen) atoms. The van der Waals surface area contributed by atoms with E-state index in [0.717, 1.165) is 0 Å². The molecule has 12 nitrogen and oxygen atoms in total. The second-order valence-electron chi connectivity index (χ2n) is 12.5. The zero-order chi connectivity index (χ0) is 38.5. The lowest BCUT2D eigenvalue weighted by atomic mass is 9.95. The molecule has 0 saturated heterocycles. The maximum Gasteiger partial charge on any atom is 0.362 e. The number of Topliss-reactive ketones (excluding diaryl/α,β-unsaturated/α-hetero) is 2. The summed E-state index contributed by atoms with van der Waals surface area (Å²) >= 11 is 0. The van der Waals surface area contributed by atoms with Gasteiger partial charge in [0.1, 0.15) is 9.79 Å². The number of fused-ring (bicyclic) bond motifs is 4. The van der Waals surface area contributed by atoms with Crippen LogP contribution in [0.1, 0.15) is 43.0 Å². The standard InChI is InChI=1S/C41H24N4O8S2/c42-44-34-21-19-30-32(38(34)46)11-5-13-36(30)54(48,49)52-40-26(17-15-24-7-1-3-9-28(24)40)23-27-18-16-25-8-2-4-10-29(25)41(27)53-55(50,51)37-14-6-12-33-31(37)20-22-35(45-43)39(33)47/h1-22H,23H2. The van der Waals surface area contributed by atoms with Gasteiger partial charge in [0.25, 0.3) is 11.6 Å². The van der Waals surface area contributed by atoms with E-state index >= 15 is 0 Å². The molecule has 0 fully saturated rings. The first-order valence-corrected chi connectivity index (χ1v) is 19.4. The maximum absolute atomic E-state index is 14.1. The summed E-state index contributed by atoms with van der Waals surface area (Å²) in [6.45, 7) is 0. The van der Waals surface area contributed by atoms with Crippen molar-refractivity contribution in [3.63, 3.8) is 0 Å². The van der Waals surface area contributed by atoms with Crippen LogP contribution in [0.3, 0.4) is 0 Å². The molecule has 6 aromatic carbocycles. The summed E-state index contributed by atoms with van der Waals surface area (Å²) in [6.07, 6.45) is 5.08. The summed E-state index contributed by atoms with van der Waals surface area (Å²) in [5.74, 6) is -1.37. The number of allylic oxidation sites excluding steroid dienone is 2. The first kappa shape index (κ1) is 35.0. The van der Waals surface area contributed by atoms with Crippen molar-refractivity contribution in [2.75, 3.05) is 0 Å². The maximum atomic E-state index is 14.1. The quantitative estimate of drug-likeness (QED) is 0.0909. The van der Waals surface area contributed by atoms with Crippen molar-refractivity contribution in [3.05, 3.63) is 166 Å². The summed E-state index contributed by atoms with van der Waals surface area (Å²) in [4.78, 5) is 31.2. The van der Waals surface area contributed by atoms with Gasteiger partial charge in [-0.1, -0.05) is 97.1 Å². The molecule has 0 saturated carbocycles. The van der Waals surface area contributed by atoms with Crippen LogP contribution in [0.25, 0.3) is 44.8 Å². The van der Waals surface area contributed by atoms with Crippen molar-refractivity contribution in [1.29, 1.82) is 0 Å². The van der Waals surface area contributed by atoms with E-state index < -0.39 is 31.8 Å². The number of carbonyl (C=O) groups is 2. The Kier molecular flexibility index (Phi) is 8.52. The molecule has 6 aromatic rings. The fraction of sp³-hybridized carbons (Fsp3) is 0.0244. The molecule has 0 heterocycles. The first-order valence-electron chi connectivity index (χ1n) is 16.6. The fourth-order valence-corrected chi connectivity index (χ4v) is 9.14. The largest absolute Gasteiger partial charge is 0.378 e. The molecule has 0 unspecified atom stereocenters. The Bertz CT molecular complexity index is 2890. The Hall–Kier alpha value is -7.08. The lowest BCUT2D eigenvalue weighted by Gasteiger charge is -2.19. The summed E-state index contributed by atoms with van der Waals surface area (Å²) in [5.41, 5.74) is 18.9. The molecular weight excluding hydrogens is 741 g/mol. The minimum Gasteiger partial charge on any atom is -0.378 e. The highest BCUT2D eigenvalue weighted by molar-refractivity contribution is 7.87. The second-order valence-corrected chi connectivity index (χ2v) is 15.6. The van der Waals surface area contributed by atoms with E-state index in [4.69, 9.17) is 8.37 Å². The van der Waals surface area contributed by atoms with Gasteiger partial charge in [-0.2, -0.15) is 26.4 Å². The molecule has 0 N–H and O–H groups in total. The number of hydrogen-bond acceptors (Lipinski definition) is 8. The molecule has 0 aliphatic heterocycles. The van der Waals surface area contributed by atoms with Gasteiger partial charge in [0.05, 0.1) is 0 Å². The van der Waals surface area contributed by atoms with Crippen LogP contribution in [-0.2, 0) is 26.7 Å². The van der Waals surface area contributed by atoms with Crippen LogP contribution >= 0.6 is 0 Å². The Morgan fingerprint density at radius 1 is 0.491 bits per heavy atom. The van der Waals surface area contributed by atoms with E-state index in [2.05, 4.69) is 9.58 Å². The number of carbonyl (C=O) groups excluding carboxylic acids is 2. The van der Waals surface area contributed by atoms with Gasteiger partial charge in [0, 0.05) is 62.7 Å². The van der Waals surface area contributed by atoms with Gasteiger partial charge in [0.2, 0.25) is 0 Å². The van der Waals surface area contributed by atoms with Crippen molar-refractivity contribution in [2.24, 2.45) is 0 Å². The molecule has 0 spiro atoms. The number of hydrogen-bond donors (Lipinski definition) is 0. The average molecular weight is 765 g/mol. The van der Waals surface area contributed by atoms with Crippen LogP contribution < -0.4 is 8.37 Å².